The smallest absolute Gasteiger partial charge is 0.228 e. The molecule has 29 heavy (non-hydrogen) atoms. The highest BCUT2D eigenvalue weighted by molar-refractivity contribution is 6.39. The van der Waals surface area contributed by atoms with Crippen molar-refractivity contribution < 1.29 is 9.53 Å². The Labute approximate surface area is 179 Å². The Kier molecular flexibility index (Phi) is 5.65. The first-order valence-electron chi connectivity index (χ1n) is 9.60. The second-order valence-electron chi connectivity index (χ2n) is 7.34. The van der Waals surface area contributed by atoms with Crippen LogP contribution in [0.15, 0.2) is 24.5 Å². The van der Waals surface area contributed by atoms with Crippen molar-refractivity contribution in [1.29, 1.82) is 0 Å². The van der Waals surface area contributed by atoms with E-state index in [4.69, 9.17) is 32.9 Å². The van der Waals surface area contributed by atoms with Gasteiger partial charge in [-0.25, -0.2) is 4.98 Å². The van der Waals surface area contributed by atoms with Gasteiger partial charge in [-0.2, -0.15) is 0 Å². The van der Waals surface area contributed by atoms with E-state index in [2.05, 4.69) is 14.9 Å². The molecule has 0 atom stereocenters. The molecule has 1 N–H and O–H groups in total. The number of amides is 1. The SMILES string of the molecule is COc1ccc(CC(=O)Nc2c(Cl)cncc2Cl)c2nc(C3CCCC3)n(C)c12. The topological polar surface area (TPSA) is 69.0 Å². The lowest BCUT2D eigenvalue weighted by atomic mass is 10.1. The molecule has 1 saturated carbocycles. The lowest BCUT2D eigenvalue weighted by Crippen LogP contribution is -2.15. The Hall–Kier alpha value is -2.31. The number of halogens is 2. The molecule has 1 aromatic carbocycles. The molecule has 0 radical (unpaired) electrons. The summed E-state index contributed by atoms with van der Waals surface area (Å²) in [6, 6.07) is 3.78. The quantitative estimate of drug-likeness (QED) is 0.606. The van der Waals surface area contributed by atoms with Crippen molar-refractivity contribution in [2.45, 2.75) is 38.0 Å². The summed E-state index contributed by atoms with van der Waals surface area (Å²) in [5, 5.41) is 3.38. The Morgan fingerprint density at radius 1 is 1.24 bits per heavy atom. The fraction of sp³-hybridized carbons (Fsp3) is 0.381. The van der Waals surface area contributed by atoms with Gasteiger partial charge in [-0.1, -0.05) is 42.1 Å². The van der Waals surface area contributed by atoms with Crippen LogP contribution in [0.2, 0.25) is 10.0 Å². The van der Waals surface area contributed by atoms with Crippen LogP contribution < -0.4 is 10.1 Å². The van der Waals surface area contributed by atoms with E-state index in [1.807, 2.05) is 19.2 Å². The van der Waals surface area contributed by atoms with Crippen molar-refractivity contribution in [3.05, 3.63) is 46.0 Å². The van der Waals surface area contributed by atoms with Gasteiger partial charge in [-0.15, -0.1) is 0 Å². The van der Waals surface area contributed by atoms with Gasteiger partial charge in [-0.3, -0.25) is 9.78 Å². The zero-order valence-electron chi connectivity index (χ0n) is 16.3. The largest absolute Gasteiger partial charge is 0.494 e. The number of hydrogen-bond donors (Lipinski definition) is 1. The zero-order chi connectivity index (χ0) is 20.5. The lowest BCUT2D eigenvalue weighted by Gasteiger charge is -2.11. The monoisotopic (exact) mass is 432 g/mol. The maximum Gasteiger partial charge on any atom is 0.228 e. The zero-order valence-corrected chi connectivity index (χ0v) is 17.8. The van der Waals surface area contributed by atoms with Crippen molar-refractivity contribution in [3.63, 3.8) is 0 Å². The molecule has 0 bridgehead atoms. The number of pyridine rings is 1. The number of aryl methyl sites for hydroxylation is 1. The summed E-state index contributed by atoms with van der Waals surface area (Å²) in [5.74, 6) is 2.04. The van der Waals surface area contributed by atoms with Crippen LogP contribution in [0.5, 0.6) is 5.75 Å². The maximum absolute atomic E-state index is 12.7. The number of hydrogen-bond acceptors (Lipinski definition) is 4. The summed E-state index contributed by atoms with van der Waals surface area (Å²) >= 11 is 12.2. The number of ether oxygens (including phenoxy) is 1. The number of fused-ring (bicyclic) bond motifs is 1. The molecule has 8 heteroatoms. The Bertz CT molecular complexity index is 1050. The molecule has 2 heterocycles. The van der Waals surface area contributed by atoms with E-state index in [1.165, 1.54) is 25.2 Å². The summed E-state index contributed by atoms with van der Waals surface area (Å²) in [6.45, 7) is 0. The number of rotatable bonds is 5. The summed E-state index contributed by atoms with van der Waals surface area (Å²) in [4.78, 5) is 21.6. The summed E-state index contributed by atoms with van der Waals surface area (Å²) in [6.07, 6.45) is 7.79. The van der Waals surface area contributed by atoms with E-state index >= 15 is 0 Å². The van der Waals surface area contributed by atoms with Gasteiger partial charge in [0.05, 0.1) is 34.8 Å². The number of aromatic nitrogens is 3. The summed E-state index contributed by atoms with van der Waals surface area (Å²) in [7, 11) is 3.67. The molecule has 3 aromatic rings. The third-order valence-electron chi connectivity index (χ3n) is 5.51. The second-order valence-corrected chi connectivity index (χ2v) is 8.15. The van der Waals surface area contributed by atoms with Crippen LogP contribution in [0.25, 0.3) is 11.0 Å². The van der Waals surface area contributed by atoms with E-state index < -0.39 is 0 Å². The van der Waals surface area contributed by atoms with Gasteiger partial charge in [0.1, 0.15) is 17.1 Å². The fourth-order valence-corrected chi connectivity index (χ4v) is 4.56. The molecular formula is C21H22Cl2N4O2. The summed E-state index contributed by atoms with van der Waals surface area (Å²) < 4.78 is 7.68. The first-order chi connectivity index (χ1) is 14.0. The van der Waals surface area contributed by atoms with E-state index in [1.54, 1.807) is 7.11 Å². The first kappa shape index (κ1) is 20.0. The van der Waals surface area contributed by atoms with Crippen LogP contribution >= 0.6 is 23.2 Å². The third kappa shape index (κ3) is 3.79. The highest BCUT2D eigenvalue weighted by atomic mass is 35.5. The molecule has 0 spiro atoms. The highest BCUT2D eigenvalue weighted by Gasteiger charge is 2.25. The fourth-order valence-electron chi connectivity index (χ4n) is 4.10. The Balaban J connectivity index is 1.68. The third-order valence-corrected chi connectivity index (χ3v) is 6.09. The van der Waals surface area contributed by atoms with Crippen LogP contribution in [-0.2, 0) is 18.3 Å². The molecule has 1 fully saturated rings. The van der Waals surface area contributed by atoms with Crippen molar-refractivity contribution in [2.24, 2.45) is 7.05 Å². The van der Waals surface area contributed by atoms with Crippen LogP contribution in [0.1, 0.15) is 43.0 Å². The van der Waals surface area contributed by atoms with Gasteiger partial charge in [-0.05, 0) is 24.5 Å². The number of nitrogens with zero attached hydrogens (tertiary/aromatic N) is 3. The molecule has 1 aliphatic rings. The number of carbonyl (C=O) groups is 1. The number of anilines is 1. The highest BCUT2D eigenvalue weighted by Crippen LogP contribution is 2.37. The molecule has 2 aromatic heterocycles. The molecule has 152 valence electrons. The van der Waals surface area contributed by atoms with Crippen LogP contribution in [0.3, 0.4) is 0 Å². The Morgan fingerprint density at radius 3 is 2.59 bits per heavy atom. The van der Waals surface area contributed by atoms with E-state index in [0.717, 1.165) is 41.0 Å². The van der Waals surface area contributed by atoms with E-state index in [-0.39, 0.29) is 12.3 Å². The normalized spacial score (nSPS) is 14.5. The number of benzene rings is 1. The van der Waals surface area contributed by atoms with Crippen molar-refractivity contribution in [1.82, 2.24) is 14.5 Å². The molecule has 4 rings (SSSR count). The predicted molar refractivity (Wildman–Crippen MR) is 115 cm³/mol. The van der Waals surface area contributed by atoms with Gasteiger partial charge in [0.15, 0.2) is 0 Å². The average Bonchev–Trinajstić information content (AvgIpc) is 3.34. The van der Waals surface area contributed by atoms with Gasteiger partial charge in [0.2, 0.25) is 5.91 Å². The van der Waals surface area contributed by atoms with Gasteiger partial charge in [0.25, 0.3) is 0 Å². The van der Waals surface area contributed by atoms with Gasteiger partial charge in [0, 0.05) is 25.4 Å². The minimum Gasteiger partial charge on any atom is -0.494 e. The van der Waals surface area contributed by atoms with Crippen molar-refractivity contribution >= 4 is 45.8 Å². The van der Waals surface area contributed by atoms with E-state index in [9.17, 15) is 4.79 Å². The van der Waals surface area contributed by atoms with Crippen molar-refractivity contribution in [3.8, 4) is 5.75 Å². The standard InChI is InChI=1S/C21H22Cl2N4O2/c1-27-20-16(29-2)8-7-13(18(20)26-21(27)12-5-3-4-6-12)9-17(28)25-19-14(22)10-24-11-15(19)23/h7-8,10-12H,3-6,9H2,1-2H3,(H,24,25,28). The van der Waals surface area contributed by atoms with E-state index in [0.29, 0.717) is 21.7 Å². The lowest BCUT2D eigenvalue weighted by molar-refractivity contribution is -0.115. The minimum absolute atomic E-state index is 0.149. The summed E-state index contributed by atoms with van der Waals surface area (Å²) in [5.41, 5.74) is 2.92. The number of nitrogens with one attached hydrogen (secondary N) is 1. The number of methoxy groups -OCH3 is 1. The Morgan fingerprint density at radius 2 is 1.93 bits per heavy atom. The molecule has 0 saturated heterocycles. The van der Waals surface area contributed by atoms with Crippen molar-refractivity contribution in [2.75, 3.05) is 12.4 Å². The second kappa shape index (κ2) is 8.20. The molecule has 6 nitrogen and oxygen atoms in total. The van der Waals surface area contributed by atoms with Gasteiger partial charge >= 0.3 is 0 Å². The van der Waals surface area contributed by atoms with Crippen LogP contribution in [0, 0.1) is 0 Å². The molecule has 1 aliphatic carbocycles. The maximum atomic E-state index is 12.7. The molecule has 1 amide bonds. The molecule has 0 aliphatic heterocycles. The minimum atomic E-state index is -0.223. The average molecular weight is 433 g/mol. The van der Waals surface area contributed by atoms with Crippen LogP contribution in [0.4, 0.5) is 5.69 Å². The first-order valence-corrected chi connectivity index (χ1v) is 10.4. The van der Waals surface area contributed by atoms with Crippen LogP contribution in [-0.4, -0.2) is 27.6 Å². The number of carbonyl (C=O) groups excluding carboxylic acids is 1. The van der Waals surface area contributed by atoms with Gasteiger partial charge < -0.3 is 14.6 Å². The number of imidazole rings is 1. The predicted octanol–water partition coefficient (Wildman–Crippen LogP) is 5.12. The molecule has 0 unspecified atom stereocenters. The molecular weight excluding hydrogens is 411 g/mol.